The van der Waals surface area contributed by atoms with Crippen molar-refractivity contribution in [3.05, 3.63) is 29.8 Å². The minimum Gasteiger partial charge on any atom is -0.487 e. The van der Waals surface area contributed by atoms with Crippen LogP contribution in [0.3, 0.4) is 0 Å². The predicted molar refractivity (Wildman–Crippen MR) is 59.4 cm³/mol. The van der Waals surface area contributed by atoms with E-state index in [9.17, 15) is 5.11 Å². The van der Waals surface area contributed by atoms with Crippen molar-refractivity contribution >= 4 is 0 Å². The van der Waals surface area contributed by atoms with Gasteiger partial charge in [-0.15, -0.1) is 0 Å². The Hall–Kier alpha value is -1.06. The molecule has 1 fully saturated rings. The molecular formula is C13H16O3. The molecule has 1 saturated carbocycles. The maximum Gasteiger partial charge on any atom is 0.125 e. The van der Waals surface area contributed by atoms with Gasteiger partial charge in [-0.25, -0.2) is 0 Å². The Kier molecular flexibility index (Phi) is 2.19. The van der Waals surface area contributed by atoms with E-state index in [1.165, 1.54) is 0 Å². The lowest BCUT2D eigenvalue weighted by Crippen LogP contribution is -2.54. The van der Waals surface area contributed by atoms with Crippen LogP contribution in [0.1, 0.15) is 30.9 Å². The third-order valence-electron chi connectivity index (χ3n) is 3.70. The first-order valence-electron chi connectivity index (χ1n) is 5.71. The van der Waals surface area contributed by atoms with Crippen LogP contribution in [0.25, 0.3) is 0 Å². The Bertz CT molecular complexity index is 396. The lowest BCUT2D eigenvalue weighted by Gasteiger charge is -2.50. The second-order valence-electron chi connectivity index (χ2n) is 4.81. The van der Waals surface area contributed by atoms with Crippen LogP contribution in [-0.4, -0.2) is 23.9 Å². The van der Waals surface area contributed by atoms with E-state index in [4.69, 9.17) is 9.47 Å². The first-order chi connectivity index (χ1) is 7.72. The zero-order chi connectivity index (χ0) is 11.2. The first kappa shape index (κ1) is 10.1. The van der Waals surface area contributed by atoms with Crippen molar-refractivity contribution in [3.63, 3.8) is 0 Å². The minimum absolute atomic E-state index is 0.186. The van der Waals surface area contributed by atoms with Crippen LogP contribution in [0.5, 0.6) is 5.75 Å². The van der Waals surface area contributed by atoms with Crippen LogP contribution < -0.4 is 4.74 Å². The molecule has 1 N–H and O–H groups in total. The molecule has 1 heterocycles. The molecule has 1 aliphatic heterocycles. The van der Waals surface area contributed by atoms with Crippen molar-refractivity contribution in [1.29, 1.82) is 0 Å². The molecule has 3 heteroatoms. The summed E-state index contributed by atoms with van der Waals surface area (Å²) in [5.74, 6) is 0.829. The predicted octanol–water partition coefficient (Wildman–Crippen LogP) is 2.05. The van der Waals surface area contributed by atoms with Gasteiger partial charge in [0, 0.05) is 31.9 Å². The van der Waals surface area contributed by atoms with Gasteiger partial charge in [0.05, 0.1) is 12.2 Å². The second kappa shape index (κ2) is 3.47. The van der Waals surface area contributed by atoms with Gasteiger partial charge in [0.15, 0.2) is 0 Å². The Labute approximate surface area is 95.0 Å². The van der Waals surface area contributed by atoms with Gasteiger partial charge in [0.25, 0.3) is 0 Å². The SMILES string of the molecule is COC1CC2(C1)CC(O)c1ccccc1O2. The maximum atomic E-state index is 10.1. The average molecular weight is 220 g/mol. The minimum atomic E-state index is -0.400. The summed E-state index contributed by atoms with van der Waals surface area (Å²) >= 11 is 0. The molecule has 0 radical (unpaired) electrons. The Morgan fingerprint density at radius 2 is 2.06 bits per heavy atom. The average Bonchev–Trinajstić information content (AvgIpc) is 2.25. The number of aliphatic hydroxyl groups is 1. The molecule has 3 nitrogen and oxygen atoms in total. The van der Waals surface area contributed by atoms with E-state index in [1.54, 1.807) is 7.11 Å². The molecule has 0 aromatic heterocycles. The number of rotatable bonds is 1. The number of fused-ring (bicyclic) bond motifs is 1. The van der Waals surface area contributed by atoms with Gasteiger partial charge < -0.3 is 14.6 Å². The summed E-state index contributed by atoms with van der Waals surface area (Å²) in [7, 11) is 1.73. The highest BCUT2D eigenvalue weighted by Gasteiger charge is 2.50. The largest absolute Gasteiger partial charge is 0.487 e. The molecule has 86 valence electrons. The van der Waals surface area contributed by atoms with Crippen LogP contribution in [0.2, 0.25) is 0 Å². The summed E-state index contributed by atoms with van der Waals surface area (Å²) in [6.45, 7) is 0. The van der Waals surface area contributed by atoms with Crippen LogP contribution in [0.15, 0.2) is 24.3 Å². The smallest absolute Gasteiger partial charge is 0.125 e. The van der Waals surface area contributed by atoms with Crippen molar-refractivity contribution in [2.24, 2.45) is 0 Å². The highest BCUT2D eigenvalue weighted by Crippen LogP contribution is 2.49. The van der Waals surface area contributed by atoms with Gasteiger partial charge in [0.2, 0.25) is 0 Å². The molecule has 0 amide bonds. The van der Waals surface area contributed by atoms with Gasteiger partial charge in [-0.05, 0) is 6.07 Å². The van der Waals surface area contributed by atoms with Crippen LogP contribution in [-0.2, 0) is 4.74 Å². The summed E-state index contributed by atoms with van der Waals surface area (Å²) in [4.78, 5) is 0. The fraction of sp³-hybridized carbons (Fsp3) is 0.538. The number of ether oxygens (including phenoxy) is 2. The molecule has 1 aromatic rings. The molecular weight excluding hydrogens is 204 g/mol. The van der Waals surface area contributed by atoms with Gasteiger partial charge in [-0.1, -0.05) is 18.2 Å². The quantitative estimate of drug-likeness (QED) is 0.787. The normalized spacial score (nSPS) is 36.4. The highest BCUT2D eigenvalue weighted by atomic mass is 16.5. The van der Waals surface area contributed by atoms with Crippen molar-refractivity contribution in [2.45, 2.75) is 37.1 Å². The molecule has 0 bridgehead atoms. The van der Waals surface area contributed by atoms with E-state index >= 15 is 0 Å². The zero-order valence-corrected chi connectivity index (χ0v) is 9.35. The molecule has 1 spiro atoms. The molecule has 1 aromatic carbocycles. The standard InChI is InChI=1S/C13H16O3/c1-15-9-6-13(7-9)8-11(14)10-4-2-3-5-12(10)16-13/h2-5,9,11,14H,6-8H2,1H3. The van der Waals surface area contributed by atoms with E-state index in [-0.39, 0.29) is 11.7 Å². The van der Waals surface area contributed by atoms with Crippen molar-refractivity contribution in [2.75, 3.05) is 7.11 Å². The Morgan fingerprint density at radius 3 is 2.81 bits per heavy atom. The summed E-state index contributed by atoms with van der Waals surface area (Å²) in [6, 6.07) is 7.73. The number of hydrogen-bond donors (Lipinski definition) is 1. The van der Waals surface area contributed by atoms with E-state index < -0.39 is 6.10 Å². The van der Waals surface area contributed by atoms with Gasteiger partial charge >= 0.3 is 0 Å². The fourth-order valence-electron chi connectivity index (χ4n) is 2.77. The van der Waals surface area contributed by atoms with Crippen LogP contribution >= 0.6 is 0 Å². The lowest BCUT2D eigenvalue weighted by atomic mass is 9.71. The summed E-state index contributed by atoms with van der Waals surface area (Å²) < 4.78 is 11.3. The van der Waals surface area contributed by atoms with Crippen molar-refractivity contribution < 1.29 is 14.6 Å². The number of aliphatic hydroxyl groups excluding tert-OH is 1. The molecule has 3 rings (SSSR count). The number of methoxy groups -OCH3 is 1. The third-order valence-corrected chi connectivity index (χ3v) is 3.70. The Balaban J connectivity index is 1.85. The molecule has 0 saturated heterocycles. The van der Waals surface area contributed by atoms with Crippen molar-refractivity contribution in [1.82, 2.24) is 0 Å². The number of para-hydroxylation sites is 1. The summed E-state index contributed by atoms with van der Waals surface area (Å²) in [6.07, 6.45) is 2.34. The van der Waals surface area contributed by atoms with Crippen LogP contribution in [0, 0.1) is 0 Å². The van der Waals surface area contributed by atoms with E-state index in [1.807, 2.05) is 24.3 Å². The topological polar surface area (TPSA) is 38.7 Å². The van der Waals surface area contributed by atoms with Crippen LogP contribution in [0.4, 0.5) is 0 Å². The van der Waals surface area contributed by atoms with Gasteiger partial charge in [-0.2, -0.15) is 0 Å². The Morgan fingerprint density at radius 1 is 1.31 bits per heavy atom. The van der Waals surface area contributed by atoms with Gasteiger partial charge in [0.1, 0.15) is 11.4 Å². The molecule has 1 aliphatic carbocycles. The zero-order valence-electron chi connectivity index (χ0n) is 9.35. The van der Waals surface area contributed by atoms with E-state index in [0.29, 0.717) is 6.42 Å². The maximum absolute atomic E-state index is 10.1. The third kappa shape index (κ3) is 1.43. The monoisotopic (exact) mass is 220 g/mol. The first-order valence-corrected chi connectivity index (χ1v) is 5.71. The summed E-state index contributed by atoms with van der Waals surface area (Å²) in [5.41, 5.74) is 0.725. The molecule has 1 unspecified atom stereocenters. The molecule has 16 heavy (non-hydrogen) atoms. The number of hydrogen-bond acceptors (Lipinski definition) is 3. The van der Waals surface area contributed by atoms with Gasteiger partial charge in [-0.3, -0.25) is 0 Å². The summed E-state index contributed by atoms with van der Waals surface area (Å²) in [5, 5.41) is 10.1. The van der Waals surface area contributed by atoms with E-state index in [0.717, 1.165) is 24.2 Å². The van der Waals surface area contributed by atoms with Crippen molar-refractivity contribution in [3.8, 4) is 5.75 Å². The number of benzene rings is 1. The lowest BCUT2D eigenvalue weighted by molar-refractivity contribution is -0.139. The van der Waals surface area contributed by atoms with E-state index in [2.05, 4.69) is 0 Å². The second-order valence-corrected chi connectivity index (χ2v) is 4.81. The molecule has 2 aliphatic rings. The molecule has 1 atom stereocenters. The highest BCUT2D eigenvalue weighted by molar-refractivity contribution is 5.38. The fourth-order valence-corrected chi connectivity index (χ4v) is 2.77.